The van der Waals surface area contributed by atoms with Crippen LogP contribution in [0.2, 0.25) is 0 Å². The second kappa shape index (κ2) is 5.62. The number of nitrogens with one attached hydrogen (secondary N) is 1. The van der Waals surface area contributed by atoms with Crippen molar-refractivity contribution in [1.29, 1.82) is 5.26 Å². The molecular weight excluding hydrogens is 228 g/mol. The van der Waals surface area contributed by atoms with Crippen LogP contribution in [0.3, 0.4) is 0 Å². The zero-order chi connectivity index (χ0) is 12.1. The average molecular weight is 242 g/mol. The van der Waals surface area contributed by atoms with Crippen molar-refractivity contribution in [2.75, 3.05) is 0 Å². The number of nitrogens with zero attached hydrogens (tertiary/aromatic N) is 1. The molecular formula is C14H14N2S. The quantitative estimate of drug-likeness (QED) is 0.891. The van der Waals surface area contributed by atoms with Gasteiger partial charge >= 0.3 is 0 Å². The van der Waals surface area contributed by atoms with Crippen LogP contribution in [0.25, 0.3) is 0 Å². The van der Waals surface area contributed by atoms with Crippen molar-refractivity contribution in [1.82, 2.24) is 5.32 Å². The van der Waals surface area contributed by atoms with Gasteiger partial charge < -0.3 is 5.32 Å². The summed E-state index contributed by atoms with van der Waals surface area (Å²) in [6.45, 7) is 2.86. The van der Waals surface area contributed by atoms with E-state index >= 15 is 0 Å². The van der Waals surface area contributed by atoms with Crippen LogP contribution in [-0.4, -0.2) is 0 Å². The molecule has 17 heavy (non-hydrogen) atoms. The van der Waals surface area contributed by atoms with E-state index in [1.807, 2.05) is 24.3 Å². The largest absolute Gasteiger partial charge is 0.305 e. The summed E-state index contributed by atoms with van der Waals surface area (Å²) in [5.74, 6) is 0. The molecule has 0 radical (unpaired) electrons. The van der Waals surface area contributed by atoms with Gasteiger partial charge in [0.1, 0.15) is 0 Å². The van der Waals surface area contributed by atoms with Crippen molar-refractivity contribution in [3.63, 3.8) is 0 Å². The number of nitriles is 1. The summed E-state index contributed by atoms with van der Waals surface area (Å²) in [6, 6.07) is 14.4. The summed E-state index contributed by atoms with van der Waals surface area (Å²) < 4.78 is 0. The van der Waals surface area contributed by atoms with Gasteiger partial charge in [0, 0.05) is 17.5 Å². The molecule has 1 N–H and O–H groups in total. The second-order valence-electron chi connectivity index (χ2n) is 3.89. The molecule has 3 heteroatoms. The van der Waals surface area contributed by atoms with Gasteiger partial charge in [0.2, 0.25) is 0 Å². The van der Waals surface area contributed by atoms with Crippen molar-refractivity contribution in [3.05, 3.63) is 57.8 Å². The van der Waals surface area contributed by atoms with Crippen molar-refractivity contribution in [2.45, 2.75) is 19.5 Å². The number of hydrogen-bond donors (Lipinski definition) is 1. The van der Waals surface area contributed by atoms with Crippen LogP contribution in [0.5, 0.6) is 0 Å². The minimum atomic E-state index is 0.321. The molecule has 1 heterocycles. The van der Waals surface area contributed by atoms with Crippen molar-refractivity contribution >= 4 is 11.3 Å². The maximum atomic E-state index is 8.99. The third-order valence-corrected chi connectivity index (χ3v) is 3.76. The highest BCUT2D eigenvalue weighted by Crippen LogP contribution is 2.19. The Hall–Kier alpha value is -1.63. The fourth-order valence-electron chi connectivity index (χ4n) is 1.68. The molecule has 0 fully saturated rings. The van der Waals surface area contributed by atoms with Gasteiger partial charge in [-0.2, -0.15) is 5.26 Å². The topological polar surface area (TPSA) is 35.8 Å². The zero-order valence-electron chi connectivity index (χ0n) is 9.68. The first-order valence-electron chi connectivity index (χ1n) is 5.56. The van der Waals surface area contributed by atoms with E-state index in [4.69, 9.17) is 5.26 Å². The van der Waals surface area contributed by atoms with Crippen molar-refractivity contribution in [2.24, 2.45) is 0 Å². The lowest BCUT2D eigenvalue weighted by atomic mass is 10.1. The van der Waals surface area contributed by atoms with Gasteiger partial charge in [-0.05, 0) is 30.0 Å². The van der Waals surface area contributed by atoms with Crippen LogP contribution >= 0.6 is 11.3 Å². The predicted molar refractivity (Wildman–Crippen MR) is 70.7 cm³/mol. The van der Waals surface area contributed by atoms with E-state index in [9.17, 15) is 0 Å². The molecule has 2 nitrogen and oxygen atoms in total. The monoisotopic (exact) mass is 242 g/mol. The molecule has 0 saturated heterocycles. The van der Waals surface area contributed by atoms with Crippen LogP contribution in [0.4, 0.5) is 0 Å². The van der Waals surface area contributed by atoms with E-state index in [0.717, 1.165) is 17.7 Å². The molecule has 1 aromatic heterocycles. The van der Waals surface area contributed by atoms with Gasteiger partial charge in [-0.3, -0.25) is 0 Å². The summed E-state index contributed by atoms with van der Waals surface area (Å²) in [5.41, 5.74) is 1.80. The Morgan fingerprint density at radius 3 is 2.82 bits per heavy atom. The number of thiophene rings is 1. The lowest BCUT2D eigenvalue weighted by Gasteiger charge is -2.12. The SMILES string of the molecule is C[C@@H](NCc1ccccc1C#N)c1cccs1. The average Bonchev–Trinajstić information content (AvgIpc) is 2.90. The molecule has 0 aliphatic carbocycles. The van der Waals surface area contributed by atoms with E-state index in [-0.39, 0.29) is 0 Å². The Morgan fingerprint density at radius 2 is 2.12 bits per heavy atom. The van der Waals surface area contributed by atoms with Crippen LogP contribution in [-0.2, 0) is 6.54 Å². The molecule has 86 valence electrons. The summed E-state index contributed by atoms with van der Waals surface area (Å²) in [6.07, 6.45) is 0. The molecule has 1 aromatic carbocycles. The normalized spacial score (nSPS) is 12.0. The van der Waals surface area contributed by atoms with E-state index in [1.165, 1.54) is 4.88 Å². The molecule has 2 aromatic rings. The minimum absolute atomic E-state index is 0.321. The van der Waals surface area contributed by atoms with E-state index in [0.29, 0.717) is 6.04 Å². The highest BCUT2D eigenvalue weighted by molar-refractivity contribution is 7.10. The highest BCUT2D eigenvalue weighted by Gasteiger charge is 2.07. The third-order valence-electron chi connectivity index (χ3n) is 2.71. The predicted octanol–water partition coefficient (Wildman–Crippen LogP) is 3.47. The molecule has 0 amide bonds. The van der Waals surface area contributed by atoms with Gasteiger partial charge in [0.25, 0.3) is 0 Å². The zero-order valence-corrected chi connectivity index (χ0v) is 10.5. The van der Waals surface area contributed by atoms with Crippen LogP contribution in [0.1, 0.15) is 29.0 Å². The summed E-state index contributed by atoms with van der Waals surface area (Å²) in [5, 5.41) is 14.5. The van der Waals surface area contributed by atoms with Gasteiger partial charge in [-0.15, -0.1) is 11.3 Å². The van der Waals surface area contributed by atoms with Gasteiger partial charge in [-0.25, -0.2) is 0 Å². The number of benzene rings is 1. The molecule has 0 aliphatic rings. The minimum Gasteiger partial charge on any atom is -0.305 e. The third kappa shape index (κ3) is 2.94. The smallest absolute Gasteiger partial charge is 0.0995 e. The van der Waals surface area contributed by atoms with Gasteiger partial charge in [-0.1, -0.05) is 24.3 Å². The van der Waals surface area contributed by atoms with Crippen LogP contribution in [0.15, 0.2) is 41.8 Å². The van der Waals surface area contributed by atoms with Gasteiger partial charge in [0.15, 0.2) is 0 Å². The number of hydrogen-bond acceptors (Lipinski definition) is 3. The highest BCUT2D eigenvalue weighted by atomic mass is 32.1. The Balaban J connectivity index is 2.01. The fourth-order valence-corrected chi connectivity index (χ4v) is 2.44. The Bertz CT molecular complexity index is 511. The molecule has 0 saturated carbocycles. The molecule has 0 spiro atoms. The summed E-state index contributed by atoms with van der Waals surface area (Å²) in [7, 11) is 0. The Morgan fingerprint density at radius 1 is 1.29 bits per heavy atom. The first kappa shape index (κ1) is 11.8. The van der Waals surface area contributed by atoms with Crippen molar-refractivity contribution < 1.29 is 0 Å². The van der Waals surface area contributed by atoms with Crippen LogP contribution < -0.4 is 5.32 Å². The van der Waals surface area contributed by atoms with E-state index in [1.54, 1.807) is 11.3 Å². The maximum absolute atomic E-state index is 8.99. The summed E-state index contributed by atoms with van der Waals surface area (Å²) in [4.78, 5) is 1.32. The second-order valence-corrected chi connectivity index (χ2v) is 4.87. The molecule has 0 aliphatic heterocycles. The van der Waals surface area contributed by atoms with Crippen LogP contribution in [0, 0.1) is 11.3 Å². The molecule has 2 rings (SSSR count). The fraction of sp³-hybridized carbons (Fsp3) is 0.214. The molecule has 1 atom stereocenters. The van der Waals surface area contributed by atoms with E-state index < -0.39 is 0 Å². The molecule has 0 unspecified atom stereocenters. The molecule has 0 bridgehead atoms. The first-order chi connectivity index (χ1) is 8.31. The Labute approximate surface area is 106 Å². The lowest BCUT2D eigenvalue weighted by molar-refractivity contribution is 0.582. The van der Waals surface area contributed by atoms with E-state index in [2.05, 4.69) is 35.8 Å². The summed E-state index contributed by atoms with van der Waals surface area (Å²) >= 11 is 1.75. The lowest BCUT2D eigenvalue weighted by Crippen LogP contribution is -2.17. The first-order valence-corrected chi connectivity index (χ1v) is 6.44. The van der Waals surface area contributed by atoms with Gasteiger partial charge in [0.05, 0.1) is 11.6 Å². The maximum Gasteiger partial charge on any atom is 0.0995 e. The van der Waals surface area contributed by atoms with Crippen molar-refractivity contribution in [3.8, 4) is 6.07 Å². The number of rotatable bonds is 4. The Kier molecular flexibility index (Phi) is 3.92. The standard InChI is InChI=1S/C14H14N2S/c1-11(14-7-4-8-17-14)16-10-13-6-3-2-5-12(13)9-15/h2-8,11,16H,10H2,1H3/t11-/m1/s1.